The Hall–Kier alpha value is -3.58. The van der Waals surface area contributed by atoms with Crippen LogP contribution in [-0.2, 0) is 4.79 Å². The van der Waals surface area contributed by atoms with Gasteiger partial charge in [-0.05, 0) is 55.5 Å². The van der Waals surface area contributed by atoms with E-state index in [0.29, 0.717) is 33.4 Å². The molecule has 4 rings (SSSR count). The van der Waals surface area contributed by atoms with Gasteiger partial charge in [-0.1, -0.05) is 11.6 Å². The molecule has 0 aliphatic rings. The number of fused-ring (bicyclic) bond motifs is 1. The van der Waals surface area contributed by atoms with Crippen LogP contribution in [0.15, 0.2) is 71.4 Å². The molecule has 0 saturated heterocycles. The van der Waals surface area contributed by atoms with Gasteiger partial charge in [0.05, 0.1) is 6.20 Å². The summed E-state index contributed by atoms with van der Waals surface area (Å²) >= 11 is 5.94. The number of ether oxygens (including phenoxy) is 3. The van der Waals surface area contributed by atoms with Crippen LogP contribution in [0.25, 0.3) is 11.1 Å². The number of hydrogen-bond donors (Lipinski definition) is 0. The minimum atomic E-state index is -0.802. The van der Waals surface area contributed by atoms with Crippen LogP contribution in [0.2, 0.25) is 5.02 Å². The Morgan fingerprint density at radius 1 is 1.07 bits per heavy atom. The summed E-state index contributed by atoms with van der Waals surface area (Å²) in [5, 5.41) is 0.554. The molecule has 0 amide bonds. The van der Waals surface area contributed by atoms with Gasteiger partial charge in [0.2, 0.25) is 0 Å². The molecule has 2 aromatic carbocycles. The van der Waals surface area contributed by atoms with Gasteiger partial charge in [0.15, 0.2) is 11.7 Å². The van der Waals surface area contributed by atoms with E-state index in [9.17, 15) is 4.79 Å². The highest BCUT2D eigenvalue weighted by Gasteiger charge is 2.17. The van der Waals surface area contributed by atoms with E-state index in [1.807, 2.05) is 0 Å². The Morgan fingerprint density at radius 2 is 1.86 bits per heavy atom. The number of esters is 1. The molecule has 0 bridgehead atoms. The zero-order valence-corrected chi connectivity index (χ0v) is 16.0. The van der Waals surface area contributed by atoms with E-state index in [-0.39, 0.29) is 6.08 Å². The SMILES string of the molecule is CC(Oc1ccc(Oc2nc3ccc(Cl)cc3o2)cc1)C(=O)Oc1cccnc1. The van der Waals surface area contributed by atoms with E-state index in [2.05, 4.69) is 9.97 Å². The van der Waals surface area contributed by atoms with Crippen molar-refractivity contribution in [1.82, 2.24) is 9.97 Å². The molecule has 2 heterocycles. The second-order valence-electron chi connectivity index (χ2n) is 6.04. The summed E-state index contributed by atoms with van der Waals surface area (Å²) in [5.41, 5.74) is 1.18. The quantitative estimate of drug-likeness (QED) is 0.411. The Kier molecular flexibility index (Phi) is 5.31. The van der Waals surface area contributed by atoms with Crippen LogP contribution in [-0.4, -0.2) is 22.0 Å². The molecule has 146 valence electrons. The third-order valence-electron chi connectivity index (χ3n) is 3.86. The van der Waals surface area contributed by atoms with Gasteiger partial charge < -0.3 is 18.6 Å². The molecule has 0 radical (unpaired) electrons. The summed E-state index contributed by atoms with van der Waals surface area (Å²) in [6.45, 7) is 1.60. The Morgan fingerprint density at radius 3 is 2.62 bits per heavy atom. The van der Waals surface area contributed by atoms with Crippen LogP contribution < -0.4 is 14.2 Å². The zero-order chi connectivity index (χ0) is 20.2. The molecule has 0 aliphatic heterocycles. The molecule has 2 aromatic heterocycles. The first-order chi connectivity index (χ1) is 14.1. The van der Waals surface area contributed by atoms with Gasteiger partial charge in [0, 0.05) is 17.3 Å². The first-order valence-electron chi connectivity index (χ1n) is 8.69. The van der Waals surface area contributed by atoms with Crippen molar-refractivity contribution in [1.29, 1.82) is 0 Å². The Labute approximate surface area is 170 Å². The van der Waals surface area contributed by atoms with Gasteiger partial charge in [-0.3, -0.25) is 4.98 Å². The first kappa shape index (κ1) is 18.8. The van der Waals surface area contributed by atoms with E-state index in [4.69, 9.17) is 30.2 Å². The molecule has 29 heavy (non-hydrogen) atoms. The second kappa shape index (κ2) is 8.20. The van der Waals surface area contributed by atoms with Gasteiger partial charge in [-0.25, -0.2) is 4.79 Å². The third-order valence-corrected chi connectivity index (χ3v) is 4.09. The summed E-state index contributed by atoms with van der Waals surface area (Å²) in [6.07, 6.45) is 2.35. The minimum Gasteiger partial charge on any atom is -0.479 e. The van der Waals surface area contributed by atoms with Gasteiger partial charge in [-0.2, -0.15) is 4.98 Å². The second-order valence-corrected chi connectivity index (χ2v) is 6.47. The zero-order valence-electron chi connectivity index (χ0n) is 15.2. The average Bonchev–Trinajstić information content (AvgIpc) is 3.11. The first-order valence-corrected chi connectivity index (χ1v) is 9.07. The maximum atomic E-state index is 12.1. The monoisotopic (exact) mass is 410 g/mol. The summed E-state index contributed by atoms with van der Waals surface area (Å²) < 4.78 is 22.0. The lowest BCUT2D eigenvalue weighted by atomic mass is 10.3. The van der Waals surface area contributed by atoms with Crippen LogP contribution in [0, 0.1) is 0 Å². The largest absolute Gasteiger partial charge is 0.479 e. The van der Waals surface area contributed by atoms with Crippen molar-refractivity contribution in [3.63, 3.8) is 0 Å². The number of aromatic nitrogens is 2. The number of nitrogens with zero attached hydrogens (tertiary/aromatic N) is 2. The molecule has 8 heteroatoms. The number of benzene rings is 2. The van der Waals surface area contributed by atoms with Crippen LogP contribution in [0.4, 0.5) is 0 Å². The van der Waals surface area contributed by atoms with Crippen molar-refractivity contribution in [2.45, 2.75) is 13.0 Å². The van der Waals surface area contributed by atoms with Crippen molar-refractivity contribution in [3.05, 3.63) is 72.0 Å². The smallest absolute Gasteiger partial charge is 0.400 e. The predicted octanol–water partition coefficient (Wildman–Crippen LogP) is 5.04. The molecule has 0 N–H and O–H groups in total. The molecule has 7 nitrogen and oxygen atoms in total. The van der Waals surface area contributed by atoms with Gasteiger partial charge in [-0.15, -0.1) is 0 Å². The van der Waals surface area contributed by atoms with Gasteiger partial charge in [0.25, 0.3) is 0 Å². The van der Waals surface area contributed by atoms with Crippen molar-refractivity contribution in [3.8, 4) is 23.3 Å². The molecule has 0 saturated carbocycles. The van der Waals surface area contributed by atoms with Crippen LogP contribution in [0.1, 0.15) is 6.92 Å². The predicted molar refractivity (Wildman–Crippen MR) is 105 cm³/mol. The maximum absolute atomic E-state index is 12.1. The fraction of sp³-hybridized carbons (Fsp3) is 0.0952. The number of rotatable bonds is 6. The highest BCUT2D eigenvalue weighted by molar-refractivity contribution is 6.31. The topological polar surface area (TPSA) is 83.7 Å². The number of pyridine rings is 1. The minimum absolute atomic E-state index is 0.101. The number of carbonyl (C=O) groups excluding carboxylic acids is 1. The summed E-state index contributed by atoms with van der Waals surface area (Å²) in [6, 6.07) is 15.2. The molecule has 4 aromatic rings. The number of oxazole rings is 1. The lowest BCUT2D eigenvalue weighted by molar-refractivity contribution is -0.141. The van der Waals surface area contributed by atoms with Crippen LogP contribution >= 0.6 is 11.6 Å². The van der Waals surface area contributed by atoms with Crippen LogP contribution in [0.3, 0.4) is 0 Å². The Balaban J connectivity index is 1.37. The highest BCUT2D eigenvalue weighted by Crippen LogP contribution is 2.28. The van der Waals surface area contributed by atoms with Crippen LogP contribution in [0.5, 0.6) is 23.3 Å². The van der Waals surface area contributed by atoms with E-state index in [1.165, 1.54) is 6.20 Å². The number of halogens is 1. The van der Waals surface area contributed by atoms with Gasteiger partial charge >= 0.3 is 12.0 Å². The van der Waals surface area contributed by atoms with E-state index >= 15 is 0 Å². The third kappa shape index (κ3) is 4.64. The highest BCUT2D eigenvalue weighted by atomic mass is 35.5. The number of carbonyl (C=O) groups is 1. The van der Waals surface area contributed by atoms with Crippen molar-refractivity contribution in [2.75, 3.05) is 0 Å². The lowest BCUT2D eigenvalue weighted by Crippen LogP contribution is -2.28. The Bertz CT molecular complexity index is 1130. The van der Waals surface area contributed by atoms with Gasteiger partial charge in [0.1, 0.15) is 22.8 Å². The molecule has 1 unspecified atom stereocenters. The molecule has 0 fully saturated rings. The molecule has 1 atom stereocenters. The fourth-order valence-corrected chi connectivity index (χ4v) is 2.63. The molecule has 0 aliphatic carbocycles. The van der Waals surface area contributed by atoms with Crippen molar-refractivity contribution < 1.29 is 23.4 Å². The summed E-state index contributed by atoms with van der Waals surface area (Å²) in [7, 11) is 0. The van der Waals surface area contributed by atoms with E-state index < -0.39 is 12.1 Å². The van der Waals surface area contributed by atoms with Crippen molar-refractivity contribution >= 4 is 28.7 Å². The fourth-order valence-electron chi connectivity index (χ4n) is 2.47. The maximum Gasteiger partial charge on any atom is 0.400 e. The number of hydrogen-bond acceptors (Lipinski definition) is 7. The lowest BCUT2D eigenvalue weighted by Gasteiger charge is -2.13. The standard InChI is InChI=1S/C21H15ClN2O5/c1-13(20(25)27-17-3-2-10-23-12-17)26-15-5-7-16(8-6-15)28-21-24-18-9-4-14(22)11-19(18)29-21/h2-13H,1H3. The normalized spacial score (nSPS) is 11.8. The molecule has 0 spiro atoms. The summed E-state index contributed by atoms with van der Waals surface area (Å²) in [5.74, 6) is 0.817. The van der Waals surface area contributed by atoms with E-state index in [0.717, 1.165) is 0 Å². The average molecular weight is 411 g/mol. The molecular weight excluding hydrogens is 396 g/mol. The van der Waals surface area contributed by atoms with E-state index in [1.54, 1.807) is 67.7 Å². The van der Waals surface area contributed by atoms with Crippen molar-refractivity contribution in [2.24, 2.45) is 0 Å². The molecular formula is C21H15ClN2O5. The summed E-state index contributed by atoms with van der Waals surface area (Å²) in [4.78, 5) is 20.2.